The van der Waals surface area contributed by atoms with Crippen LogP contribution in [0.1, 0.15) is 22.3 Å². The van der Waals surface area contributed by atoms with Gasteiger partial charge in [-0.15, -0.1) is 0 Å². The molecule has 1 atom stereocenters. The van der Waals surface area contributed by atoms with Crippen molar-refractivity contribution in [2.45, 2.75) is 19.4 Å². The van der Waals surface area contributed by atoms with Gasteiger partial charge in [-0.3, -0.25) is 0 Å². The van der Waals surface area contributed by atoms with Gasteiger partial charge in [-0.05, 0) is 30.5 Å². The molecule has 0 aliphatic carbocycles. The molecule has 0 aliphatic heterocycles. The largest absolute Gasteiger partial charge is 0.394 e. The maximum absolute atomic E-state index is 9.76. The number of aliphatic hydroxyl groups excluding tert-OH is 1. The lowest BCUT2D eigenvalue weighted by atomic mass is 9.82. The van der Waals surface area contributed by atoms with Crippen LogP contribution in [0.3, 0.4) is 0 Å². The van der Waals surface area contributed by atoms with Crippen molar-refractivity contribution in [3.63, 3.8) is 0 Å². The van der Waals surface area contributed by atoms with Crippen molar-refractivity contribution in [2.24, 2.45) is 5.73 Å². The molecule has 0 heterocycles. The fourth-order valence-corrected chi connectivity index (χ4v) is 2.26. The Morgan fingerprint density at radius 3 is 2.17 bits per heavy atom. The Hall–Kier alpha value is -1.64. The van der Waals surface area contributed by atoms with E-state index in [0.717, 1.165) is 16.7 Å². The second kappa shape index (κ2) is 4.92. The Bertz CT molecular complexity index is 533. The number of aryl methyl sites for hydroxylation is 2. The van der Waals surface area contributed by atoms with E-state index < -0.39 is 5.54 Å². The third-order valence-electron chi connectivity index (χ3n) is 3.44. The fourth-order valence-electron chi connectivity index (χ4n) is 2.26. The summed E-state index contributed by atoms with van der Waals surface area (Å²) in [5, 5.41) is 9.76. The average Bonchev–Trinajstić information content (AvgIpc) is 2.39. The molecule has 18 heavy (non-hydrogen) atoms. The molecule has 2 aromatic carbocycles. The summed E-state index contributed by atoms with van der Waals surface area (Å²) in [4.78, 5) is 0. The van der Waals surface area contributed by atoms with Crippen molar-refractivity contribution < 1.29 is 5.11 Å². The normalized spacial score (nSPS) is 14.2. The van der Waals surface area contributed by atoms with E-state index in [1.54, 1.807) is 0 Å². The molecule has 0 fully saturated rings. The van der Waals surface area contributed by atoms with Crippen LogP contribution in [0.2, 0.25) is 0 Å². The summed E-state index contributed by atoms with van der Waals surface area (Å²) in [6, 6.07) is 15.9. The number of aliphatic hydroxyl groups is 1. The lowest BCUT2D eigenvalue weighted by Crippen LogP contribution is -2.42. The van der Waals surface area contributed by atoms with Crippen molar-refractivity contribution in [2.75, 3.05) is 6.61 Å². The second-order valence-electron chi connectivity index (χ2n) is 4.81. The molecule has 0 spiro atoms. The topological polar surface area (TPSA) is 46.2 Å². The van der Waals surface area contributed by atoms with Crippen LogP contribution in [0.15, 0.2) is 48.5 Å². The minimum Gasteiger partial charge on any atom is -0.394 e. The third kappa shape index (κ3) is 2.17. The van der Waals surface area contributed by atoms with Crippen LogP contribution in [0.5, 0.6) is 0 Å². The van der Waals surface area contributed by atoms with E-state index >= 15 is 0 Å². The van der Waals surface area contributed by atoms with E-state index in [2.05, 4.69) is 0 Å². The maximum atomic E-state index is 9.76. The van der Waals surface area contributed by atoms with Crippen molar-refractivity contribution in [1.82, 2.24) is 0 Å². The number of rotatable bonds is 3. The highest BCUT2D eigenvalue weighted by molar-refractivity contribution is 5.42. The highest BCUT2D eigenvalue weighted by Gasteiger charge is 2.29. The summed E-state index contributed by atoms with van der Waals surface area (Å²) in [7, 11) is 0. The smallest absolute Gasteiger partial charge is 0.0902 e. The van der Waals surface area contributed by atoms with Gasteiger partial charge in [0.25, 0.3) is 0 Å². The Balaban J connectivity index is 2.55. The lowest BCUT2D eigenvalue weighted by Gasteiger charge is -2.30. The summed E-state index contributed by atoms with van der Waals surface area (Å²) >= 11 is 0. The quantitative estimate of drug-likeness (QED) is 0.867. The van der Waals surface area contributed by atoms with Crippen LogP contribution in [-0.2, 0) is 5.54 Å². The first-order chi connectivity index (χ1) is 8.58. The summed E-state index contributed by atoms with van der Waals surface area (Å²) in [5.41, 5.74) is 9.79. The zero-order valence-corrected chi connectivity index (χ0v) is 10.9. The average molecular weight is 241 g/mol. The molecule has 94 valence electrons. The maximum Gasteiger partial charge on any atom is 0.0902 e. The second-order valence-corrected chi connectivity index (χ2v) is 4.81. The van der Waals surface area contributed by atoms with Crippen LogP contribution in [0.25, 0.3) is 0 Å². The predicted molar refractivity (Wildman–Crippen MR) is 74.4 cm³/mol. The highest BCUT2D eigenvalue weighted by Crippen LogP contribution is 2.29. The van der Waals surface area contributed by atoms with E-state index in [-0.39, 0.29) is 6.61 Å². The molecule has 0 bridgehead atoms. The van der Waals surface area contributed by atoms with Crippen molar-refractivity contribution in [3.05, 3.63) is 70.8 Å². The van der Waals surface area contributed by atoms with Gasteiger partial charge in [-0.2, -0.15) is 0 Å². The Morgan fingerprint density at radius 1 is 1.00 bits per heavy atom. The number of benzene rings is 2. The van der Waals surface area contributed by atoms with E-state index in [1.165, 1.54) is 5.56 Å². The summed E-state index contributed by atoms with van der Waals surface area (Å²) < 4.78 is 0. The standard InChI is InChI=1S/C16H19NO/c1-12-7-9-14(10-8-12)16(17,11-18)15-6-4-3-5-13(15)2/h3-10,18H,11,17H2,1-2H3. The van der Waals surface area contributed by atoms with Crippen molar-refractivity contribution in [1.29, 1.82) is 0 Å². The SMILES string of the molecule is Cc1ccc(C(N)(CO)c2ccccc2C)cc1. The molecule has 0 aliphatic rings. The van der Waals surface area contributed by atoms with Crippen LogP contribution in [-0.4, -0.2) is 11.7 Å². The van der Waals surface area contributed by atoms with Crippen LogP contribution < -0.4 is 5.73 Å². The minimum absolute atomic E-state index is 0.110. The third-order valence-corrected chi connectivity index (χ3v) is 3.44. The van der Waals surface area contributed by atoms with E-state index in [0.29, 0.717) is 0 Å². The lowest BCUT2D eigenvalue weighted by molar-refractivity contribution is 0.223. The minimum atomic E-state index is -0.834. The molecule has 0 saturated carbocycles. The van der Waals surface area contributed by atoms with E-state index in [4.69, 9.17) is 5.73 Å². The van der Waals surface area contributed by atoms with Gasteiger partial charge in [0.05, 0.1) is 12.1 Å². The zero-order valence-electron chi connectivity index (χ0n) is 10.9. The van der Waals surface area contributed by atoms with Crippen molar-refractivity contribution in [3.8, 4) is 0 Å². The molecule has 0 aromatic heterocycles. The molecule has 2 heteroatoms. The van der Waals surface area contributed by atoms with Gasteiger partial charge in [0.15, 0.2) is 0 Å². The van der Waals surface area contributed by atoms with Crippen LogP contribution in [0.4, 0.5) is 0 Å². The number of nitrogens with two attached hydrogens (primary N) is 1. The molecule has 2 aromatic rings. The first-order valence-corrected chi connectivity index (χ1v) is 6.11. The van der Waals surface area contributed by atoms with Gasteiger partial charge in [0.2, 0.25) is 0 Å². The first kappa shape index (κ1) is 12.8. The predicted octanol–water partition coefficient (Wildman–Crippen LogP) is 2.50. The van der Waals surface area contributed by atoms with Crippen LogP contribution >= 0.6 is 0 Å². The van der Waals surface area contributed by atoms with Crippen LogP contribution in [0, 0.1) is 13.8 Å². The molecule has 1 unspecified atom stereocenters. The molecule has 2 rings (SSSR count). The monoisotopic (exact) mass is 241 g/mol. The molecule has 3 N–H and O–H groups in total. The summed E-state index contributed by atoms with van der Waals surface area (Å²) in [6.07, 6.45) is 0. The molecule has 2 nitrogen and oxygen atoms in total. The van der Waals surface area contributed by atoms with Crippen molar-refractivity contribution >= 4 is 0 Å². The Morgan fingerprint density at radius 2 is 1.61 bits per heavy atom. The van der Waals surface area contributed by atoms with Gasteiger partial charge < -0.3 is 10.8 Å². The summed E-state index contributed by atoms with van der Waals surface area (Å²) in [5.74, 6) is 0. The fraction of sp³-hybridized carbons (Fsp3) is 0.250. The van der Waals surface area contributed by atoms with Gasteiger partial charge in [-0.1, -0.05) is 54.1 Å². The number of hydrogen-bond acceptors (Lipinski definition) is 2. The van der Waals surface area contributed by atoms with Gasteiger partial charge >= 0.3 is 0 Å². The Kier molecular flexibility index (Phi) is 3.50. The number of hydrogen-bond donors (Lipinski definition) is 2. The molecule has 0 saturated heterocycles. The Labute approximate surface area is 108 Å². The molecular formula is C16H19NO. The van der Waals surface area contributed by atoms with E-state index in [9.17, 15) is 5.11 Å². The molecular weight excluding hydrogens is 222 g/mol. The first-order valence-electron chi connectivity index (χ1n) is 6.11. The van der Waals surface area contributed by atoms with Gasteiger partial charge in [0, 0.05) is 0 Å². The van der Waals surface area contributed by atoms with Gasteiger partial charge in [-0.25, -0.2) is 0 Å². The molecule has 0 radical (unpaired) electrons. The molecule has 0 amide bonds. The van der Waals surface area contributed by atoms with E-state index in [1.807, 2.05) is 62.4 Å². The highest BCUT2D eigenvalue weighted by atomic mass is 16.3. The van der Waals surface area contributed by atoms with Gasteiger partial charge in [0.1, 0.15) is 0 Å². The zero-order chi connectivity index (χ0) is 13.2. The summed E-state index contributed by atoms with van der Waals surface area (Å²) in [6.45, 7) is 3.94.